The van der Waals surface area contributed by atoms with E-state index in [1.165, 1.54) is 6.20 Å². The quantitative estimate of drug-likeness (QED) is 0.602. The number of fused-ring (bicyclic) bond motifs is 1. The Kier molecular flexibility index (Phi) is 3.46. The second-order valence-corrected chi connectivity index (χ2v) is 5.57. The van der Waals surface area contributed by atoms with Crippen LogP contribution in [-0.2, 0) is 0 Å². The lowest BCUT2D eigenvalue weighted by molar-refractivity contribution is 0.102. The van der Waals surface area contributed by atoms with Gasteiger partial charge in [-0.3, -0.25) is 9.78 Å². The summed E-state index contributed by atoms with van der Waals surface area (Å²) < 4.78 is 6.66. The van der Waals surface area contributed by atoms with Gasteiger partial charge in [0.2, 0.25) is 0 Å². The van der Waals surface area contributed by atoms with Crippen molar-refractivity contribution in [1.82, 2.24) is 14.8 Å². The molecule has 0 spiro atoms. The first-order valence-corrected chi connectivity index (χ1v) is 7.66. The Morgan fingerprint density at radius 2 is 2.00 bits per heavy atom. The van der Waals surface area contributed by atoms with Gasteiger partial charge in [-0.1, -0.05) is 18.2 Å². The van der Waals surface area contributed by atoms with Crippen molar-refractivity contribution >= 4 is 22.7 Å². The van der Waals surface area contributed by atoms with E-state index < -0.39 is 5.76 Å². The molecule has 1 amide bonds. The molecular weight excluding hydrogens is 320 g/mol. The van der Waals surface area contributed by atoms with E-state index in [0.717, 1.165) is 11.4 Å². The maximum atomic E-state index is 12.6. The van der Waals surface area contributed by atoms with E-state index in [1.54, 1.807) is 22.9 Å². The molecule has 0 radical (unpaired) electrons. The number of hydrogen-bond acceptors (Lipinski definition) is 4. The van der Waals surface area contributed by atoms with Crippen molar-refractivity contribution in [3.8, 4) is 5.69 Å². The standard InChI is InChI=1S/C18H14N4O3/c1-11-14(10-19-22(11)13-5-3-2-4-6-13)17(23)20-12-7-8-16-15(9-12)21-18(24)25-16/h2-10H,1H3,(H,20,23)(H,21,24). The van der Waals surface area contributed by atoms with Gasteiger partial charge in [-0.15, -0.1) is 0 Å². The van der Waals surface area contributed by atoms with Gasteiger partial charge in [0.1, 0.15) is 0 Å². The number of H-pyrrole nitrogens is 1. The van der Waals surface area contributed by atoms with Gasteiger partial charge >= 0.3 is 5.76 Å². The highest BCUT2D eigenvalue weighted by Crippen LogP contribution is 2.19. The van der Waals surface area contributed by atoms with Crippen molar-refractivity contribution in [2.45, 2.75) is 6.92 Å². The second kappa shape index (κ2) is 5.79. The predicted octanol–water partition coefficient (Wildman–Crippen LogP) is 2.87. The molecule has 4 rings (SSSR count). The van der Waals surface area contributed by atoms with Crippen molar-refractivity contribution in [3.63, 3.8) is 0 Å². The number of nitrogens with zero attached hydrogens (tertiary/aromatic N) is 2. The molecule has 4 aromatic rings. The van der Waals surface area contributed by atoms with Gasteiger partial charge in [0.15, 0.2) is 5.58 Å². The molecule has 0 unspecified atom stereocenters. The minimum atomic E-state index is -0.529. The first-order chi connectivity index (χ1) is 12.1. The molecule has 0 aliphatic rings. The molecular formula is C18H14N4O3. The van der Waals surface area contributed by atoms with Crippen molar-refractivity contribution < 1.29 is 9.21 Å². The fraction of sp³-hybridized carbons (Fsp3) is 0.0556. The molecule has 2 heterocycles. The third kappa shape index (κ3) is 2.72. The van der Waals surface area contributed by atoms with Crippen LogP contribution in [0.3, 0.4) is 0 Å². The minimum Gasteiger partial charge on any atom is -0.408 e. The molecule has 2 aromatic carbocycles. The summed E-state index contributed by atoms with van der Waals surface area (Å²) in [5.41, 5.74) is 3.62. The lowest BCUT2D eigenvalue weighted by Crippen LogP contribution is -2.13. The molecule has 25 heavy (non-hydrogen) atoms. The summed E-state index contributed by atoms with van der Waals surface area (Å²) in [7, 11) is 0. The lowest BCUT2D eigenvalue weighted by Gasteiger charge is -2.06. The summed E-state index contributed by atoms with van der Waals surface area (Å²) in [4.78, 5) is 26.3. The van der Waals surface area contributed by atoms with Crippen molar-refractivity contribution in [2.24, 2.45) is 0 Å². The van der Waals surface area contributed by atoms with Crippen LogP contribution >= 0.6 is 0 Å². The Morgan fingerprint density at radius 3 is 2.80 bits per heavy atom. The van der Waals surface area contributed by atoms with E-state index in [9.17, 15) is 9.59 Å². The Hall–Kier alpha value is -3.61. The number of carbonyl (C=O) groups is 1. The molecule has 0 saturated carbocycles. The largest absolute Gasteiger partial charge is 0.417 e. The molecule has 2 N–H and O–H groups in total. The molecule has 0 bridgehead atoms. The summed E-state index contributed by atoms with van der Waals surface area (Å²) in [5, 5.41) is 7.10. The number of nitrogens with one attached hydrogen (secondary N) is 2. The highest BCUT2D eigenvalue weighted by molar-refractivity contribution is 6.05. The SMILES string of the molecule is Cc1c(C(=O)Nc2ccc3oc(=O)[nH]c3c2)cnn1-c1ccccc1. The number of amides is 1. The van der Waals surface area contributed by atoms with Crippen LogP contribution in [0.1, 0.15) is 16.1 Å². The van der Waals surface area contributed by atoms with Crippen LogP contribution in [0, 0.1) is 6.92 Å². The normalized spacial score (nSPS) is 10.9. The minimum absolute atomic E-state index is 0.273. The first-order valence-electron chi connectivity index (χ1n) is 7.66. The molecule has 7 heteroatoms. The molecule has 7 nitrogen and oxygen atoms in total. The summed E-state index contributed by atoms with van der Waals surface area (Å²) in [6.07, 6.45) is 1.54. The van der Waals surface area contributed by atoms with Gasteiger partial charge in [-0.25, -0.2) is 9.48 Å². The number of aromatic nitrogens is 3. The number of benzene rings is 2. The van der Waals surface area contributed by atoms with Crippen molar-refractivity contribution in [1.29, 1.82) is 0 Å². The molecule has 2 aromatic heterocycles. The molecule has 0 saturated heterocycles. The summed E-state index contributed by atoms with van der Waals surface area (Å²) in [5.74, 6) is -0.802. The number of para-hydroxylation sites is 1. The van der Waals surface area contributed by atoms with Crippen LogP contribution in [0.25, 0.3) is 16.8 Å². The number of aromatic amines is 1. The van der Waals surface area contributed by atoms with Gasteiger partial charge in [-0.05, 0) is 37.3 Å². The average Bonchev–Trinajstić information content (AvgIpc) is 3.17. The van der Waals surface area contributed by atoms with E-state index in [0.29, 0.717) is 22.4 Å². The number of hydrogen-bond donors (Lipinski definition) is 2. The molecule has 0 fully saturated rings. The summed E-state index contributed by atoms with van der Waals surface area (Å²) in [6.45, 7) is 1.84. The van der Waals surface area contributed by atoms with Gasteiger partial charge in [-0.2, -0.15) is 5.10 Å². The average molecular weight is 334 g/mol. The highest BCUT2D eigenvalue weighted by Gasteiger charge is 2.15. The van der Waals surface area contributed by atoms with Gasteiger partial charge in [0.25, 0.3) is 5.91 Å². The van der Waals surface area contributed by atoms with Gasteiger partial charge in [0, 0.05) is 5.69 Å². The zero-order chi connectivity index (χ0) is 17.4. The van der Waals surface area contributed by atoms with E-state index in [-0.39, 0.29) is 5.91 Å². The number of carbonyl (C=O) groups excluding carboxylic acids is 1. The topological polar surface area (TPSA) is 92.9 Å². The monoisotopic (exact) mass is 334 g/mol. The summed E-state index contributed by atoms with van der Waals surface area (Å²) >= 11 is 0. The van der Waals surface area contributed by atoms with E-state index in [4.69, 9.17) is 4.42 Å². The van der Waals surface area contributed by atoms with E-state index in [2.05, 4.69) is 15.4 Å². The van der Waals surface area contributed by atoms with Crippen LogP contribution in [0.4, 0.5) is 5.69 Å². The van der Waals surface area contributed by atoms with Crippen molar-refractivity contribution in [3.05, 3.63) is 76.5 Å². The zero-order valence-corrected chi connectivity index (χ0v) is 13.3. The van der Waals surface area contributed by atoms with Crippen LogP contribution in [-0.4, -0.2) is 20.7 Å². The Labute approximate surface area is 141 Å². The third-order valence-electron chi connectivity index (χ3n) is 3.93. The van der Waals surface area contributed by atoms with E-state index >= 15 is 0 Å². The van der Waals surface area contributed by atoms with Crippen LogP contribution < -0.4 is 11.1 Å². The fourth-order valence-electron chi connectivity index (χ4n) is 2.69. The number of oxazole rings is 1. The van der Waals surface area contributed by atoms with Crippen molar-refractivity contribution in [2.75, 3.05) is 5.32 Å². The first kappa shape index (κ1) is 14.9. The smallest absolute Gasteiger partial charge is 0.408 e. The third-order valence-corrected chi connectivity index (χ3v) is 3.93. The zero-order valence-electron chi connectivity index (χ0n) is 13.3. The molecule has 124 valence electrons. The Morgan fingerprint density at radius 1 is 1.20 bits per heavy atom. The molecule has 0 atom stereocenters. The Bertz CT molecular complexity index is 1120. The van der Waals surface area contributed by atoms with Gasteiger partial charge < -0.3 is 9.73 Å². The van der Waals surface area contributed by atoms with Crippen LogP contribution in [0.15, 0.2) is 63.9 Å². The maximum absolute atomic E-state index is 12.6. The fourth-order valence-corrected chi connectivity index (χ4v) is 2.69. The second-order valence-electron chi connectivity index (χ2n) is 5.57. The number of rotatable bonds is 3. The van der Waals surface area contributed by atoms with Gasteiger partial charge in [0.05, 0.1) is 28.7 Å². The highest BCUT2D eigenvalue weighted by atomic mass is 16.4. The maximum Gasteiger partial charge on any atom is 0.417 e. The van der Waals surface area contributed by atoms with Crippen LogP contribution in [0.2, 0.25) is 0 Å². The molecule has 0 aliphatic heterocycles. The predicted molar refractivity (Wildman–Crippen MR) is 93.1 cm³/mol. The summed E-state index contributed by atoms with van der Waals surface area (Å²) in [6, 6.07) is 14.5. The molecule has 0 aliphatic carbocycles. The Balaban J connectivity index is 1.62. The van der Waals surface area contributed by atoms with E-state index in [1.807, 2.05) is 37.3 Å². The van der Waals surface area contributed by atoms with Crippen LogP contribution in [0.5, 0.6) is 0 Å². The lowest BCUT2D eigenvalue weighted by atomic mass is 10.2. The number of anilines is 1.